The summed E-state index contributed by atoms with van der Waals surface area (Å²) in [6.07, 6.45) is 0. The van der Waals surface area contributed by atoms with Gasteiger partial charge in [0.05, 0.1) is 5.02 Å². The molecule has 0 unspecified atom stereocenters. The zero-order valence-electron chi connectivity index (χ0n) is 9.48. The van der Waals surface area contributed by atoms with Crippen molar-refractivity contribution in [3.05, 3.63) is 64.2 Å². The van der Waals surface area contributed by atoms with Gasteiger partial charge in [-0.05, 0) is 6.07 Å². The van der Waals surface area contributed by atoms with Crippen LogP contribution in [0.2, 0.25) is 5.02 Å². The summed E-state index contributed by atoms with van der Waals surface area (Å²) in [5.41, 5.74) is -0.364. The molecule has 0 aliphatic rings. The lowest BCUT2D eigenvalue weighted by molar-refractivity contribution is 0.546. The number of rotatable bonds is 3. The summed E-state index contributed by atoms with van der Waals surface area (Å²) in [5, 5.41) is 2.29. The smallest absolute Gasteiger partial charge is 0.152 e. The maximum atomic E-state index is 13.6. The van der Waals surface area contributed by atoms with E-state index in [1.54, 1.807) is 0 Å². The van der Waals surface area contributed by atoms with E-state index >= 15 is 0 Å². The fourth-order valence-corrected chi connectivity index (χ4v) is 1.77. The molecular weight excluding hydrogens is 282 g/mol. The van der Waals surface area contributed by atoms with E-state index < -0.39 is 29.0 Å². The Kier molecular flexibility index (Phi) is 3.95. The van der Waals surface area contributed by atoms with Crippen molar-refractivity contribution in [2.45, 2.75) is 6.54 Å². The van der Waals surface area contributed by atoms with E-state index in [1.165, 1.54) is 18.2 Å². The Labute approximate surface area is 111 Å². The molecule has 2 rings (SSSR count). The zero-order valence-corrected chi connectivity index (χ0v) is 10.2. The maximum absolute atomic E-state index is 13.6. The molecule has 0 saturated heterocycles. The Balaban J connectivity index is 2.22. The van der Waals surface area contributed by atoms with Gasteiger partial charge in [-0.15, -0.1) is 0 Å². The van der Waals surface area contributed by atoms with Crippen molar-refractivity contribution in [3.63, 3.8) is 0 Å². The van der Waals surface area contributed by atoms with Crippen molar-refractivity contribution in [2.24, 2.45) is 0 Å². The van der Waals surface area contributed by atoms with Crippen molar-refractivity contribution >= 4 is 17.3 Å². The summed E-state index contributed by atoms with van der Waals surface area (Å²) in [6.45, 7) is -0.175. The second kappa shape index (κ2) is 5.48. The van der Waals surface area contributed by atoms with Gasteiger partial charge >= 0.3 is 0 Å². The average Bonchev–Trinajstić information content (AvgIpc) is 2.33. The van der Waals surface area contributed by atoms with Gasteiger partial charge in [-0.25, -0.2) is 17.6 Å². The summed E-state index contributed by atoms with van der Waals surface area (Å²) < 4.78 is 52.9. The van der Waals surface area contributed by atoms with Gasteiger partial charge in [-0.1, -0.05) is 23.7 Å². The molecule has 0 amide bonds. The van der Waals surface area contributed by atoms with Crippen LogP contribution in [0.25, 0.3) is 0 Å². The first-order valence-electron chi connectivity index (χ1n) is 5.30. The van der Waals surface area contributed by atoms with E-state index in [2.05, 4.69) is 5.32 Å². The molecule has 0 aliphatic carbocycles. The Bertz CT molecular complexity index is 593. The highest BCUT2D eigenvalue weighted by Gasteiger charge is 2.12. The standard InChI is InChI=1S/C13H8ClF4N/c14-9-3-1-2-7(12(9)18)6-19-13-10(16)4-8(15)5-11(13)17/h1-5,19H,6H2. The minimum absolute atomic E-state index is 0.0839. The summed E-state index contributed by atoms with van der Waals surface area (Å²) in [5.74, 6) is -3.85. The van der Waals surface area contributed by atoms with E-state index in [0.29, 0.717) is 12.1 Å². The van der Waals surface area contributed by atoms with E-state index in [1.807, 2.05) is 0 Å². The molecule has 2 aromatic carbocycles. The molecule has 0 spiro atoms. The fourth-order valence-electron chi connectivity index (χ4n) is 1.58. The molecule has 2 aromatic rings. The van der Waals surface area contributed by atoms with E-state index in [0.717, 1.165) is 0 Å². The number of hydrogen-bond acceptors (Lipinski definition) is 1. The van der Waals surface area contributed by atoms with Crippen molar-refractivity contribution in [3.8, 4) is 0 Å². The fraction of sp³-hybridized carbons (Fsp3) is 0.0769. The predicted molar refractivity (Wildman–Crippen MR) is 65.1 cm³/mol. The monoisotopic (exact) mass is 289 g/mol. The third kappa shape index (κ3) is 2.98. The highest BCUT2D eigenvalue weighted by atomic mass is 35.5. The molecule has 0 radical (unpaired) electrons. The van der Waals surface area contributed by atoms with Crippen molar-refractivity contribution in [2.75, 3.05) is 5.32 Å². The van der Waals surface area contributed by atoms with Crippen LogP contribution in [0, 0.1) is 23.3 Å². The van der Waals surface area contributed by atoms with Gasteiger partial charge in [-0.3, -0.25) is 0 Å². The van der Waals surface area contributed by atoms with Crippen LogP contribution in [-0.4, -0.2) is 0 Å². The molecule has 100 valence electrons. The topological polar surface area (TPSA) is 12.0 Å². The molecule has 6 heteroatoms. The molecule has 0 heterocycles. The lowest BCUT2D eigenvalue weighted by atomic mass is 10.2. The van der Waals surface area contributed by atoms with Gasteiger partial charge in [0.1, 0.15) is 17.3 Å². The quantitative estimate of drug-likeness (QED) is 0.820. The maximum Gasteiger partial charge on any atom is 0.152 e. The SMILES string of the molecule is Fc1cc(F)c(NCc2cccc(Cl)c2F)c(F)c1. The molecule has 0 aromatic heterocycles. The minimum Gasteiger partial charge on any atom is -0.376 e. The largest absolute Gasteiger partial charge is 0.376 e. The Morgan fingerprint density at radius 2 is 1.63 bits per heavy atom. The van der Waals surface area contributed by atoms with Crippen molar-refractivity contribution in [1.29, 1.82) is 0 Å². The molecular formula is C13H8ClF4N. The summed E-state index contributed by atoms with van der Waals surface area (Å²) >= 11 is 5.58. The minimum atomic E-state index is -1.08. The normalized spacial score (nSPS) is 10.6. The number of hydrogen-bond donors (Lipinski definition) is 1. The zero-order chi connectivity index (χ0) is 14.0. The van der Waals surface area contributed by atoms with Crippen LogP contribution in [0.5, 0.6) is 0 Å². The van der Waals surface area contributed by atoms with Crippen LogP contribution in [-0.2, 0) is 6.54 Å². The van der Waals surface area contributed by atoms with Gasteiger partial charge in [0.15, 0.2) is 11.6 Å². The van der Waals surface area contributed by atoms with Crippen LogP contribution >= 0.6 is 11.6 Å². The first-order chi connectivity index (χ1) is 8.99. The molecule has 1 nitrogen and oxygen atoms in total. The number of benzene rings is 2. The van der Waals surface area contributed by atoms with E-state index in [9.17, 15) is 17.6 Å². The van der Waals surface area contributed by atoms with Crippen LogP contribution in [0.4, 0.5) is 23.2 Å². The first kappa shape index (κ1) is 13.7. The molecule has 0 aliphatic heterocycles. The van der Waals surface area contributed by atoms with Gasteiger partial charge in [-0.2, -0.15) is 0 Å². The molecule has 0 fully saturated rings. The van der Waals surface area contributed by atoms with Crippen LogP contribution < -0.4 is 5.32 Å². The van der Waals surface area contributed by atoms with Crippen LogP contribution in [0.1, 0.15) is 5.56 Å². The van der Waals surface area contributed by atoms with Gasteiger partial charge in [0, 0.05) is 24.2 Å². The van der Waals surface area contributed by atoms with E-state index in [-0.39, 0.29) is 17.1 Å². The second-order valence-electron chi connectivity index (χ2n) is 3.81. The number of halogens is 5. The van der Waals surface area contributed by atoms with Gasteiger partial charge in [0.2, 0.25) is 0 Å². The van der Waals surface area contributed by atoms with Crippen molar-refractivity contribution in [1.82, 2.24) is 0 Å². The van der Waals surface area contributed by atoms with Gasteiger partial charge in [0.25, 0.3) is 0 Å². The van der Waals surface area contributed by atoms with E-state index in [4.69, 9.17) is 11.6 Å². The molecule has 0 bridgehead atoms. The summed E-state index contributed by atoms with van der Waals surface area (Å²) in [4.78, 5) is 0. The third-order valence-corrected chi connectivity index (χ3v) is 2.79. The number of nitrogens with one attached hydrogen (secondary N) is 1. The molecule has 1 N–H and O–H groups in total. The average molecular weight is 290 g/mol. The highest BCUT2D eigenvalue weighted by Crippen LogP contribution is 2.23. The van der Waals surface area contributed by atoms with Crippen LogP contribution in [0.3, 0.4) is 0 Å². The second-order valence-corrected chi connectivity index (χ2v) is 4.22. The molecule has 0 atom stereocenters. The molecule has 0 saturated carbocycles. The number of anilines is 1. The Morgan fingerprint density at radius 3 is 2.26 bits per heavy atom. The summed E-state index contributed by atoms with van der Waals surface area (Å²) in [6, 6.07) is 5.38. The Hall–Kier alpha value is -1.75. The Morgan fingerprint density at radius 1 is 1.00 bits per heavy atom. The third-order valence-electron chi connectivity index (χ3n) is 2.49. The summed E-state index contributed by atoms with van der Waals surface area (Å²) in [7, 11) is 0. The first-order valence-corrected chi connectivity index (χ1v) is 5.68. The lowest BCUT2D eigenvalue weighted by Gasteiger charge is -2.10. The van der Waals surface area contributed by atoms with Crippen LogP contribution in [0.15, 0.2) is 30.3 Å². The van der Waals surface area contributed by atoms with Gasteiger partial charge < -0.3 is 5.32 Å². The molecule has 19 heavy (non-hydrogen) atoms. The highest BCUT2D eigenvalue weighted by molar-refractivity contribution is 6.30. The predicted octanol–water partition coefficient (Wildman–Crippen LogP) is 4.51. The lowest BCUT2D eigenvalue weighted by Crippen LogP contribution is -2.06. The van der Waals surface area contributed by atoms with Crippen molar-refractivity contribution < 1.29 is 17.6 Å².